The van der Waals surface area contributed by atoms with Gasteiger partial charge in [0.15, 0.2) is 0 Å². The molecule has 1 unspecified atom stereocenters. The van der Waals surface area contributed by atoms with Crippen molar-refractivity contribution in [3.63, 3.8) is 0 Å². The van der Waals surface area contributed by atoms with Crippen LogP contribution in [0.5, 0.6) is 0 Å². The van der Waals surface area contributed by atoms with Crippen LogP contribution in [0, 0.1) is 0 Å². The molecule has 0 radical (unpaired) electrons. The standard InChI is InChI=1S/C13H12Cl2N4O/c14-11-16-12(15)18-13(17-11)19-6-9-4-2-1-3-8(9)5-10(19)7-20/h1-4,10,20H,5-7H2. The van der Waals surface area contributed by atoms with Crippen molar-refractivity contribution in [1.29, 1.82) is 0 Å². The quantitative estimate of drug-likeness (QED) is 0.920. The Morgan fingerprint density at radius 2 is 1.75 bits per heavy atom. The molecule has 104 valence electrons. The average Bonchev–Trinajstić information content (AvgIpc) is 2.44. The zero-order chi connectivity index (χ0) is 14.1. The Kier molecular flexibility index (Phi) is 3.74. The summed E-state index contributed by atoms with van der Waals surface area (Å²) < 4.78 is 0. The molecule has 2 aromatic rings. The molecular weight excluding hydrogens is 299 g/mol. The third kappa shape index (κ3) is 2.57. The molecule has 1 aromatic heterocycles. The molecule has 0 aliphatic carbocycles. The van der Waals surface area contributed by atoms with Gasteiger partial charge < -0.3 is 10.0 Å². The third-order valence-corrected chi connectivity index (χ3v) is 3.73. The van der Waals surface area contributed by atoms with Crippen molar-refractivity contribution in [2.45, 2.75) is 19.0 Å². The molecule has 5 nitrogen and oxygen atoms in total. The number of nitrogens with zero attached hydrogens (tertiary/aromatic N) is 4. The second-order valence-corrected chi connectivity index (χ2v) is 5.29. The molecule has 1 N–H and O–H groups in total. The van der Waals surface area contributed by atoms with E-state index in [1.165, 1.54) is 11.1 Å². The number of anilines is 1. The smallest absolute Gasteiger partial charge is 0.231 e. The van der Waals surface area contributed by atoms with Crippen LogP contribution in [0.2, 0.25) is 10.6 Å². The lowest BCUT2D eigenvalue weighted by molar-refractivity contribution is 0.252. The van der Waals surface area contributed by atoms with E-state index in [9.17, 15) is 5.11 Å². The lowest BCUT2D eigenvalue weighted by Crippen LogP contribution is -2.43. The van der Waals surface area contributed by atoms with E-state index in [0.29, 0.717) is 12.5 Å². The zero-order valence-electron chi connectivity index (χ0n) is 10.5. The predicted octanol–water partition coefficient (Wildman–Crippen LogP) is 2.10. The van der Waals surface area contributed by atoms with Crippen LogP contribution >= 0.6 is 23.2 Å². The van der Waals surface area contributed by atoms with Crippen LogP contribution in [0.15, 0.2) is 24.3 Å². The monoisotopic (exact) mass is 310 g/mol. The van der Waals surface area contributed by atoms with Gasteiger partial charge in [-0.05, 0) is 40.7 Å². The highest BCUT2D eigenvalue weighted by atomic mass is 35.5. The summed E-state index contributed by atoms with van der Waals surface area (Å²) in [5, 5.41) is 9.71. The first-order chi connectivity index (χ1) is 9.67. The van der Waals surface area contributed by atoms with Gasteiger partial charge in [0.05, 0.1) is 12.6 Å². The van der Waals surface area contributed by atoms with Gasteiger partial charge in [-0.25, -0.2) is 0 Å². The molecule has 1 aliphatic rings. The summed E-state index contributed by atoms with van der Waals surface area (Å²) in [5.74, 6) is 0.392. The van der Waals surface area contributed by atoms with Crippen LogP contribution in [0.25, 0.3) is 0 Å². The fraction of sp³-hybridized carbons (Fsp3) is 0.308. The molecular formula is C13H12Cl2N4O. The Balaban J connectivity index is 2.00. The summed E-state index contributed by atoms with van der Waals surface area (Å²) in [6.45, 7) is 0.618. The number of hydrogen-bond acceptors (Lipinski definition) is 5. The molecule has 0 fully saturated rings. The molecule has 0 spiro atoms. The third-order valence-electron chi connectivity index (χ3n) is 3.39. The number of fused-ring (bicyclic) bond motifs is 1. The normalized spacial score (nSPS) is 17.9. The van der Waals surface area contributed by atoms with Gasteiger partial charge >= 0.3 is 0 Å². The summed E-state index contributed by atoms with van der Waals surface area (Å²) in [5.41, 5.74) is 2.42. The summed E-state index contributed by atoms with van der Waals surface area (Å²) in [7, 11) is 0. The van der Waals surface area contributed by atoms with Gasteiger partial charge in [0.2, 0.25) is 16.5 Å². The van der Waals surface area contributed by atoms with Crippen LogP contribution < -0.4 is 4.90 Å². The van der Waals surface area contributed by atoms with Gasteiger partial charge in [-0.3, -0.25) is 0 Å². The first-order valence-electron chi connectivity index (χ1n) is 6.18. The van der Waals surface area contributed by atoms with Crippen molar-refractivity contribution in [3.8, 4) is 0 Å². The second kappa shape index (κ2) is 5.52. The van der Waals surface area contributed by atoms with E-state index < -0.39 is 0 Å². The van der Waals surface area contributed by atoms with E-state index in [4.69, 9.17) is 23.2 Å². The van der Waals surface area contributed by atoms with Crippen LogP contribution in [-0.4, -0.2) is 32.7 Å². The topological polar surface area (TPSA) is 62.1 Å². The molecule has 20 heavy (non-hydrogen) atoms. The number of hydrogen-bond donors (Lipinski definition) is 1. The number of benzene rings is 1. The highest BCUT2D eigenvalue weighted by Crippen LogP contribution is 2.27. The number of aliphatic hydroxyl groups excluding tert-OH is 1. The van der Waals surface area contributed by atoms with Crippen molar-refractivity contribution < 1.29 is 5.11 Å². The lowest BCUT2D eigenvalue weighted by atomic mass is 9.95. The Bertz CT molecular complexity index is 617. The van der Waals surface area contributed by atoms with Crippen LogP contribution in [0.4, 0.5) is 5.95 Å². The lowest BCUT2D eigenvalue weighted by Gasteiger charge is -2.35. The average molecular weight is 311 g/mol. The fourth-order valence-electron chi connectivity index (χ4n) is 2.43. The van der Waals surface area contributed by atoms with Gasteiger partial charge in [0, 0.05) is 6.54 Å². The van der Waals surface area contributed by atoms with Gasteiger partial charge in [0.25, 0.3) is 0 Å². The van der Waals surface area contributed by atoms with Gasteiger partial charge in [-0.2, -0.15) is 15.0 Å². The molecule has 2 heterocycles. The first kappa shape index (κ1) is 13.5. The largest absolute Gasteiger partial charge is 0.394 e. The molecule has 1 aromatic carbocycles. The summed E-state index contributed by atoms with van der Waals surface area (Å²) >= 11 is 11.6. The number of aliphatic hydroxyl groups is 1. The van der Waals surface area contributed by atoms with Gasteiger partial charge in [-0.15, -0.1) is 0 Å². The minimum Gasteiger partial charge on any atom is -0.394 e. The number of halogens is 2. The minimum absolute atomic E-state index is 0.00918. The van der Waals surface area contributed by atoms with Crippen LogP contribution in [0.3, 0.4) is 0 Å². The SMILES string of the molecule is OCC1Cc2ccccc2CN1c1nc(Cl)nc(Cl)n1. The Labute approximate surface area is 126 Å². The van der Waals surface area contributed by atoms with E-state index in [0.717, 1.165) is 6.42 Å². The number of rotatable bonds is 2. The first-order valence-corrected chi connectivity index (χ1v) is 6.94. The van der Waals surface area contributed by atoms with E-state index in [1.54, 1.807) is 0 Å². The molecule has 0 saturated carbocycles. The van der Waals surface area contributed by atoms with Gasteiger partial charge in [-0.1, -0.05) is 24.3 Å². The molecule has 0 bridgehead atoms. The van der Waals surface area contributed by atoms with Crippen molar-refractivity contribution in [2.24, 2.45) is 0 Å². The second-order valence-electron chi connectivity index (χ2n) is 4.61. The Morgan fingerprint density at radius 1 is 1.10 bits per heavy atom. The maximum absolute atomic E-state index is 9.61. The Hall–Kier alpha value is -1.43. The molecule has 1 aliphatic heterocycles. The molecule has 0 saturated heterocycles. The molecule has 7 heteroatoms. The highest BCUT2D eigenvalue weighted by molar-refractivity contribution is 6.31. The maximum atomic E-state index is 9.61. The van der Waals surface area contributed by atoms with E-state index in [-0.39, 0.29) is 23.2 Å². The summed E-state index contributed by atoms with van der Waals surface area (Å²) in [6, 6.07) is 8.02. The summed E-state index contributed by atoms with van der Waals surface area (Å²) in [4.78, 5) is 13.9. The predicted molar refractivity (Wildman–Crippen MR) is 77.0 cm³/mol. The molecule has 1 atom stereocenters. The van der Waals surface area contributed by atoms with Gasteiger partial charge in [0.1, 0.15) is 0 Å². The van der Waals surface area contributed by atoms with E-state index in [2.05, 4.69) is 27.1 Å². The molecule has 0 amide bonds. The van der Waals surface area contributed by atoms with E-state index in [1.807, 2.05) is 17.0 Å². The number of aromatic nitrogens is 3. The van der Waals surface area contributed by atoms with E-state index >= 15 is 0 Å². The highest BCUT2D eigenvalue weighted by Gasteiger charge is 2.27. The van der Waals surface area contributed by atoms with Crippen LogP contribution in [-0.2, 0) is 13.0 Å². The zero-order valence-corrected chi connectivity index (χ0v) is 12.0. The maximum Gasteiger partial charge on any atom is 0.231 e. The Morgan fingerprint density at radius 3 is 2.40 bits per heavy atom. The van der Waals surface area contributed by atoms with Crippen molar-refractivity contribution >= 4 is 29.2 Å². The van der Waals surface area contributed by atoms with Crippen molar-refractivity contribution in [2.75, 3.05) is 11.5 Å². The molecule has 3 rings (SSSR count). The fourth-order valence-corrected chi connectivity index (χ4v) is 2.78. The minimum atomic E-state index is -0.0977. The van der Waals surface area contributed by atoms with Crippen molar-refractivity contribution in [1.82, 2.24) is 15.0 Å². The van der Waals surface area contributed by atoms with Crippen LogP contribution in [0.1, 0.15) is 11.1 Å². The summed E-state index contributed by atoms with van der Waals surface area (Å²) in [6.07, 6.45) is 0.730. The van der Waals surface area contributed by atoms with Crippen molar-refractivity contribution in [3.05, 3.63) is 46.0 Å².